The third-order valence-corrected chi connectivity index (χ3v) is 4.46. The molecule has 0 saturated heterocycles. The molecule has 1 aromatic carbocycles. The molecule has 0 saturated carbocycles. The highest BCUT2D eigenvalue weighted by molar-refractivity contribution is 5.98. The van der Waals surface area contributed by atoms with E-state index in [2.05, 4.69) is 39.3 Å². The summed E-state index contributed by atoms with van der Waals surface area (Å²) in [7, 11) is 1.55. The summed E-state index contributed by atoms with van der Waals surface area (Å²) < 4.78 is 5.33. The number of aromatic amines is 1. The van der Waals surface area contributed by atoms with Crippen molar-refractivity contribution >= 4 is 16.7 Å². The molecule has 7 heteroatoms. The first kappa shape index (κ1) is 17.8. The number of methoxy groups -OCH3 is 1. The SMILES string of the molecule is CC[C@H](C)c1n[nH]c([C@H](C)NC(=O)c2cc3ccccc3c(OC)n2)n1. The number of carbonyl (C=O) groups excluding carboxylic acids is 1. The second-order valence-electron chi connectivity index (χ2n) is 6.32. The molecule has 1 amide bonds. The average Bonchev–Trinajstić information content (AvgIpc) is 3.16. The third kappa shape index (κ3) is 3.51. The molecule has 0 fully saturated rings. The Balaban J connectivity index is 1.81. The molecule has 0 aliphatic rings. The maximum Gasteiger partial charge on any atom is 0.270 e. The van der Waals surface area contributed by atoms with E-state index < -0.39 is 0 Å². The normalized spacial score (nSPS) is 13.4. The van der Waals surface area contributed by atoms with E-state index in [0.717, 1.165) is 23.0 Å². The lowest BCUT2D eigenvalue weighted by molar-refractivity contribution is 0.0932. The predicted molar refractivity (Wildman–Crippen MR) is 99.3 cm³/mol. The van der Waals surface area contributed by atoms with E-state index in [-0.39, 0.29) is 17.9 Å². The monoisotopic (exact) mass is 353 g/mol. The lowest BCUT2D eigenvalue weighted by atomic mass is 10.1. The number of carbonyl (C=O) groups is 1. The molecule has 3 rings (SSSR count). The van der Waals surface area contributed by atoms with Gasteiger partial charge in [0.1, 0.15) is 11.5 Å². The topological polar surface area (TPSA) is 92.8 Å². The minimum absolute atomic E-state index is 0.273. The van der Waals surface area contributed by atoms with Gasteiger partial charge in [-0.05, 0) is 30.9 Å². The minimum atomic E-state index is -0.313. The van der Waals surface area contributed by atoms with Crippen LogP contribution < -0.4 is 10.1 Å². The molecule has 2 N–H and O–H groups in total. The molecule has 2 aromatic heterocycles. The summed E-state index contributed by atoms with van der Waals surface area (Å²) in [4.78, 5) is 21.5. The highest BCUT2D eigenvalue weighted by atomic mass is 16.5. The van der Waals surface area contributed by atoms with Crippen LogP contribution in [0.5, 0.6) is 5.88 Å². The maximum atomic E-state index is 12.6. The van der Waals surface area contributed by atoms with Crippen molar-refractivity contribution in [3.05, 3.63) is 47.7 Å². The van der Waals surface area contributed by atoms with E-state index in [9.17, 15) is 4.79 Å². The summed E-state index contributed by atoms with van der Waals surface area (Å²) >= 11 is 0. The molecule has 3 aromatic rings. The van der Waals surface area contributed by atoms with Gasteiger partial charge in [-0.1, -0.05) is 32.0 Å². The number of hydrogen-bond donors (Lipinski definition) is 2. The van der Waals surface area contributed by atoms with Gasteiger partial charge in [-0.3, -0.25) is 9.89 Å². The van der Waals surface area contributed by atoms with Crippen molar-refractivity contribution in [3.8, 4) is 5.88 Å². The Morgan fingerprint density at radius 3 is 2.77 bits per heavy atom. The molecule has 0 bridgehead atoms. The van der Waals surface area contributed by atoms with Gasteiger partial charge < -0.3 is 10.1 Å². The Hall–Kier alpha value is -2.96. The number of benzene rings is 1. The van der Waals surface area contributed by atoms with Crippen LogP contribution in [0.4, 0.5) is 0 Å². The molecule has 2 heterocycles. The summed E-state index contributed by atoms with van der Waals surface area (Å²) in [5, 5.41) is 11.8. The van der Waals surface area contributed by atoms with Crippen molar-refractivity contribution in [2.24, 2.45) is 0 Å². The number of H-pyrrole nitrogens is 1. The van der Waals surface area contributed by atoms with Crippen molar-refractivity contribution < 1.29 is 9.53 Å². The number of fused-ring (bicyclic) bond motifs is 1. The van der Waals surface area contributed by atoms with E-state index in [1.807, 2.05) is 31.2 Å². The van der Waals surface area contributed by atoms with E-state index in [1.165, 1.54) is 0 Å². The summed E-state index contributed by atoms with van der Waals surface area (Å²) in [5.41, 5.74) is 0.300. The van der Waals surface area contributed by atoms with Gasteiger partial charge in [0.15, 0.2) is 5.82 Å². The Kier molecular flexibility index (Phi) is 5.16. The second-order valence-corrected chi connectivity index (χ2v) is 6.32. The van der Waals surface area contributed by atoms with Crippen molar-refractivity contribution in [1.82, 2.24) is 25.5 Å². The highest BCUT2D eigenvalue weighted by Crippen LogP contribution is 2.24. The van der Waals surface area contributed by atoms with Crippen LogP contribution in [-0.4, -0.2) is 33.2 Å². The minimum Gasteiger partial charge on any atom is -0.481 e. The first-order valence-electron chi connectivity index (χ1n) is 8.70. The summed E-state index contributed by atoms with van der Waals surface area (Å²) in [5.74, 6) is 1.80. The van der Waals surface area contributed by atoms with Gasteiger partial charge in [0.25, 0.3) is 5.91 Å². The lowest BCUT2D eigenvalue weighted by Gasteiger charge is -2.12. The van der Waals surface area contributed by atoms with Crippen molar-refractivity contribution in [2.75, 3.05) is 7.11 Å². The van der Waals surface area contributed by atoms with Gasteiger partial charge >= 0.3 is 0 Å². The summed E-state index contributed by atoms with van der Waals surface area (Å²) in [6.45, 7) is 6.02. The Bertz CT molecular complexity index is 921. The fraction of sp³-hybridized carbons (Fsp3) is 0.368. The highest BCUT2D eigenvalue weighted by Gasteiger charge is 2.19. The van der Waals surface area contributed by atoms with Crippen LogP contribution in [0.25, 0.3) is 10.8 Å². The van der Waals surface area contributed by atoms with Gasteiger partial charge in [-0.15, -0.1) is 0 Å². The zero-order valence-corrected chi connectivity index (χ0v) is 15.4. The van der Waals surface area contributed by atoms with Gasteiger partial charge in [0, 0.05) is 11.3 Å². The van der Waals surface area contributed by atoms with Crippen LogP contribution in [0.3, 0.4) is 0 Å². The van der Waals surface area contributed by atoms with Crippen molar-refractivity contribution in [1.29, 1.82) is 0 Å². The number of pyridine rings is 1. The summed E-state index contributed by atoms with van der Waals surface area (Å²) in [6, 6.07) is 9.10. The fourth-order valence-corrected chi connectivity index (χ4v) is 2.66. The average molecular weight is 353 g/mol. The molecule has 7 nitrogen and oxygen atoms in total. The number of nitrogens with zero attached hydrogens (tertiary/aromatic N) is 3. The quantitative estimate of drug-likeness (QED) is 0.709. The number of amides is 1. The smallest absolute Gasteiger partial charge is 0.270 e. The fourth-order valence-electron chi connectivity index (χ4n) is 2.66. The molecule has 2 atom stereocenters. The van der Waals surface area contributed by atoms with Crippen molar-refractivity contribution in [2.45, 2.75) is 39.2 Å². The number of aromatic nitrogens is 4. The van der Waals surface area contributed by atoms with Crippen LogP contribution in [0.1, 0.15) is 61.3 Å². The van der Waals surface area contributed by atoms with Gasteiger partial charge in [0.05, 0.1) is 13.2 Å². The van der Waals surface area contributed by atoms with Gasteiger partial charge in [-0.2, -0.15) is 5.10 Å². The van der Waals surface area contributed by atoms with Crippen LogP contribution >= 0.6 is 0 Å². The zero-order chi connectivity index (χ0) is 18.7. The Labute approximate surface area is 152 Å². The Morgan fingerprint density at radius 1 is 1.27 bits per heavy atom. The lowest BCUT2D eigenvalue weighted by Crippen LogP contribution is -2.28. The number of rotatable bonds is 6. The largest absolute Gasteiger partial charge is 0.481 e. The molecule has 0 aliphatic carbocycles. The number of ether oxygens (including phenoxy) is 1. The molecular weight excluding hydrogens is 330 g/mol. The second kappa shape index (κ2) is 7.51. The van der Waals surface area contributed by atoms with Crippen molar-refractivity contribution in [3.63, 3.8) is 0 Å². The van der Waals surface area contributed by atoms with E-state index in [0.29, 0.717) is 17.4 Å². The van der Waals surface area contributed by atoms with Crippen LogP contribution in [0, 0.1) is 0 Å². The number of hydrogen-bond acceptors (Lipinski definition) is 5. The van der Waals surface area contributed by atoms with Crippen LogP contribution in [-0.2, 0) is 0 Å². The van der Waals surface area contributed by atoms with E-state index >= 15 is 0 Å². The molecule has 0 spiro atoms. The molecule has 0 aliphatic heterocycles. The first-order chi connectivity index (χ1) is 12.5. The Morgan fingerprint density at radius 2 is 2.04 bits per heavy atom. The molecular formula is C19H23N5O2. The van der Waals surface area contributed by atoms with Gasteiger partial charge in [-0.25, -0.2) is 9.97 Å². The standard InChI is InChI=1S/C19H23N5O2/c1-5-11(2)16-22-17(24-23-16)12(3)20-18(25)15-10-13-8-6-7-9-14(13)19(21-15)26-4/h6-12H,5H2,1-4H3,(H,20,25)(H,22,23,24)/t11-,12-/m0/s1. The molecule has 0 unspecified atom stereocenters. The maximum absolute atomic E-state index is 12.6. The zero-order valence-electron chi connectivity index (χ0n) is 15.4. The molecule has 0 radical (unpaired) electrons. The third-order valence-electron chi connectivity index (χ3n) is 4.46. The predicted octanol–water partition coefficient (Wildman–Crippen LogP) is 3.37. The summed E-state index contributed by atoms with van der Waals surface area (Å²) in [6.07, 6.45) is 0.957. The first-order valence-corrected chi connectivity index (χ1v) is 8.70. The molecule has 26 heavy (non-hydrogen) atoms. The van der Waals surface area contributed by atoms with Crippen LogP contribution in [0.2, 0.25) is 0 Å². The number of nitrogens with one attached hydrogen (secondary N) is 2. The molecule has 136 valence electrons. The van der Waals surface area contributed by atoms with Crippen LogP contribution in [0.15, 0.2) is 30.3 Å². The van der Waals surface area contributed by atoms with Gasteiger partial charge in [0.2, 0.25) is 5.88 Å². The van der Waals surface area contributed by atoms with E-state index in [1.54, 1.807) is 13.2 Å². The van der Waals surface area contributed by atoms with E-state index in [4.69, 9.17) is 4.74 Å².